The number of nitrogens with one attached hydrogen (secondary N) is 2. The van der Waals surface area contributed by atoms with E-state index in [1.165, 1.54) is 6.20 Å². The second-order valence-corrected chi connectivity index (χ2v) is 5.67. The Bertz CT molecular complexity index is 763. The molecule has 2 aromatic rings. The predicted molar refractivity (Wildman–Crippen MR) is 94.2 cm³/mol. The van der Waals surface area contributed by atoms with Gasteiger partial charge in [0.05, 0.1) is 0 Å². The van der Waals surface area contributed by atoms with Crippen LogP contribution in [0.2, 0.25) is 0 Å². The number of nitrogen functional groups attached to an aromatic ring is 1. The van der Waals surface area contributed by atoms with Gasteiger partial charge in [-0.15, -0.1) is 0 Å². The van der Waals surface area contributed by atoms with Crippen molar-refractivity contribution in [3.05, 3.63) is 70.3 Å². The third kappa shape index (κ3) is 5.16. The lowest BCUT2D eigenvalue weighted by atomic mass is 10.2. The van der Waals surface area contributed by atoms with Crippen molar-refractivity contribution in [1.29, 1.82) is 5.26 Å². The molecule has 4 N–H and O–H groups in total. The number of anilines is 2. The highest BCUT2D eigenvalue weighted by molar-refractivity contribution is 9.10. The Morgan fingerprint density at radius 2 is 2.00 bits per heavy atom. The number of carbonyl (C=O) groups excluding carboxylic acids is 1. The van der Waals surface area contributed by atoms with Crippen LogP contribution in [0.15, 0.2) is 64.8 Å². The van der Waals surface area contributed by atoms with Crippen molar-refractivity contribution < 1.29 is 4.79 Å². The van der Waals surface area contributed by atoms with E-state index in [1.807, 2.05) is 30.3 Å². The molecule has 116 valence electrons. The monoisotopic (exact) mass is 370 g/mol. The molecule has 0 radical (unpaired) electrons. The lowest BCUT2D eigenvalue weighted by molar-refractivity contribution is -0.112. The standard InChI is InChI=1S/C17H15BrN4O/c18-14-3-1-2-12(8-14)10-21-11-13(9-19)17(23)22-16-6-4-15(20)5-7-16/h1-8,11,21H,10,20H2,(H,22,23)/b13-11-. The maximum Gasteiger partial charge on any atom is 0.267 e. The summed E-state index contributed by atoms with van der Waals surface area (Å²) in [5.74, 6) is -0.473. The van der Waals surface area contributed by atoms with E-state index in [0.717, 1.165) is 10.0 Å². The first-order valence-corrected chi connectivity index (χ1v) is 7.63. The van der Waals surface area contributed by atoms with Gasteiger partial charge in [0, 0.05) is 28.6 Å². The molecule has 23 heavy (non-hydrogen) atoms. The average molecular weight is 371 g/mol. The Kier molecular flexibility index (Phi) is 5.78. The molecule has 0 fully saturated rings. The molecular weight excluding hydrogens is 356 g/mol. The zero-order valence-electron chi connectivity index (χ0n) is 12.2. The maximum atomic E-state index is 12.0. The van der Waals surface area contributed by atoms with Gasteiger partial charge in [-0.3, -0.25) is 4.79 Å². The van der Waals surface area contributed by atoms with Crippen molar-refractivity contribution in [1.82, 2.24) is 5.32 Å². The van der Waals surface area contributed by atoms with Gasteiger partial charge in [0.2, 0.25) is 0 Å². The fraction of sp³-hybridized carbons (Fsp3) is 0.0588. The minimum atomic E-state index is -0.473. The van der Waals surface area contributed by atoms with Gasteiger partial charge in [0.25, 0.3) is 5.91 Å². The molecule has 0 aliphatic carbocycles. The normalized spacial score (nSPS) is 10.7. The molecule has 0 spiro atoms. The summed E-state index contributed by atoms with van der Waals surface area (Å²) in [4.78, 5) is 12.0. The van der Waals surface area contributed by atoms with Crippen LogP contribution in [0, 0.1) is 11.3 Å². The Hall–Kier alpha value is -2.78. The van der Waals surface area contributed by atoms with Gasteiger partial charge in [-0.05, 0) is 42.0 Å². The number of benzene rings is 2. The van der Waals surface area contributed by atoms with Crippen molar-refractivity contribution in [3.63, 3.8) is 0 Å². The van der Waals surface area contributed by atoms with E-state index in [9.17, 15) is 4.79 Å². The molecule has 0 aromatic heterocycles. The Balaban J connectivity index is 1.96. The van der Waals surface area contributed by atoms with Crippen LogP contribution in [0.5, 0.6) is 0 Å². The lowest BCUT2D eigenvalue weighted by Crippen LogP contribution is -2.16. The molecule has 0 bridgehead atoms. The minimum absolute atomic E-state index is 0.00294. The molecule has 0 saturated heterocycles. The van der Waals surface area contributed by atoms with E-state index < -0.39 is 5.91 Å². The van der Waals surface area contributed by atoms with E-state index >= 15 is 0 Å². The first kappa shape index (κ1) is 16.6. The summed E-state index contributed by atoms with van der Waals surface area (Å²) < 4.78 is 0.974. The highest BCUT2D eigenvalue weighted by Crippen LogP contribution is 2.12. The van der Waals surface area contributed by atoms with Crippen LogP contribution in [-0.4, -0.2) is 5.91 Å². The number of nitriles is 1. The summed E-state index contributed by atoms with van der Waals surface area (Å²) in [7, 11) is 0. The van der Waals surface area contributed by atoms with E-state index in [2.05, 4.69) is 26.6 Å². The second kappa shape index (κ2) is 8.01. The first-order chi connectivity index (χ1) is 11.1. The van der Waals surface area contributed by atoms with Gasteiger partial charge < -0.3 is 16.4 Å². The van der Waals surface area contributed by atoms with Gasteiger partial charge in [-0.25, -0.2) is 0 Å². The van der Waals surface area contributed by atoms with Gasteiger partial charge in [-0.2, -0.15) is 5.26 Å². The maximum absolute atomic E-state index is 12.0. The zero-order chi connectivity index (χ0) is 16.7. The Labute approximate surface area is 142 Å². The van der Waals surface area contributed by atoms with Crippen molar-refractivity contribution in [3.8, 4) is 6.07 Å². The SMILES string of the molecule is N#C/C(=C/NCc1cccc(Br)c1)C(=O)Nc1ccc(N)cc1. The van der Waals surface area contributed by atoms with E-state index in [0.29, 0.717) is 17.9 Å². The number of carbonyl (C=O) groups is 1. The minimum Gasteiger partial charge on any atom is -0.399 e. The van der Waals surface area contributed by atoms with Crippen LogP contribution in [0.4, 0.5) is 11.4 Å². The van der Waals surface area contributed by atoms with E-state index in [1.54, 1.807) is 24.3 Å². The quantitative estimate of drug-likeness (QED) is 0.428. The first-order valence-electron chi connectivity index (χ1n) is 6.83. The molecule has 6 heteroatoms. The van der Waals surface area contributed by atoms with E-state index in [-0.39, 0.29) is 5.57 Å². The van der Waals surface area contributed by atoms with Crippen molar-refractivity contribution in [2.45, 2.75) is 6.54 Å². The van der Waals surface area contributed by atoms with Gasteiger partial charge in [-0.1, -0.05) is 28.1 Å². The highest BCUT2D eigenvalue weighted by atomic mass is 79.9. The number of hydrogen-bond acceptors (Lipinski definition) is 4. The fourth-order valence-electron chi connectivity index (χ4n) is 1.83. The van der Waals surface area contributed by atoms with Gasteiger partial charge in [0.15, 0.2) is 0 Å². The van der Waals surface area contributed by atoms with Crippen LogP contribution < -0.4 is 16.4 Å². The van der Waals surface area contributed by atoms with Gasteiger partial charge >= 0.3 is 0 Å². The third-order valence-corrected chi connectivity index (χ3v) is 3.47. The zero-order valence-corrected chi connectivity index (χ0v) is 13.8. The number of amides is 1. The summed E-state index contributed by atoms with van der Waals surface area (Å²) in [6, 6.07) is 16.4. The predicted octanol–water partition coefficient (Wildman–Crippen LogP) is 3.17. The molecule has 2 rings (SSSR count). The number of nitrogens with two attached hydrogens (primary N) is 1. The molecule has 0 aliphatic rings. The number of nitrogens with zero attached hydrogens (tertiary/aromatic N) is 1. The second-order valence-electron chi connectivity index (χ2n) is 4.76. The molecule has 0 heterocycles. The lowest BCUT2D eigenvalue weighted by Gasteiger charge is -2.06. The number of halogens is 1. The number of rotatable bonds is 5. The summed E-state index contributed by atoms with van der Waals surface area (Å²) in [6.07, 6.45) is 1.41. The van der Waals surface area contributed by atoms with Crippen LogP contribution in [0.3, 0.4) is 0 Å². The van der Waals surface area contributed by atoms with Crippen molar-refractivity contribution >= 4 is 33.2 Å². The fourth-order valence-corrected chi connectivity index (χ4v) is 2.28. The Morgan fingerprint density at radius 1 is 1.26 bits per heavy atom. The molecular formula is C17H15BrN4O. The summed E-state index contributed by atoms with van der Waals surface area (Å²) in [6.45, 7) is 0.514. The number of hydrogen-bond donors (Lipinski definition) is 3. The molecule has 0 aliphatic heterocycles. The highest BCUT2D eigenvalue weighted by Gasteiger charge is 2.08. The molecule has 0 unspecified atom stereocenters. The summed E-state index contributed by atoms with van der Waals surface area (Å²) in [5.41, 5.74) is 7.80. The Morgan fingerprint density at radius 3 is 2.65 bits per heavy atom. The van der Waals surface area contributed by atoms with Crippen LogP contribution >= 0.6 is 15.9 Å². The van der Waals surface area contributed by atoms with Gasteiger partial charge in [0.1, 0.15) is 11.6 Å². The largest absolute Gasteiger partial charge is 0.399 e. The van der Waals surface area contributed by atoms with Crippen molar-refractivity contribution in [2.24, 2.45) is 0 Å². The molecule has 5 nitrogen and oxygen atoms in total. The molecule has 2 aromatic carbocycles. The van der Waals surface area contributed by atoms with Crippen molar-refractivity contribution in [2.75, 3.05) is 11.1 Å². The molecule has 0 atom stereocenters. The molecule has 1 amide bonds. The molecule has 0 saturated carbocycles. The van der Waals surface area contributed by atoms with Crippen LogP contribution in [0.25, 0.3) is 0 Å². The summed E-state index contributed by atoms with van der Waals surface area (Å²) in [5, 5.41) is 14.7. The third-order valence-electron chi connectivity index (χ3n) is 2.98. The van der Waals surface area contributed by atoms with Crippen LogP contribution in [0.1, 0.15) is 5.56 Å². The average Bonchev–Trinajstić information content (AvgIpc) is 2.54. The smallest absolute Gasteiger partial charge is 0.267 e. The van der Waals surface area contributed by atoms with Crippen LogP contribution in [-0.2, 0) is 11.3 Å². The topological polar surface area (TPSA) is 90.9 Å². The van der Waals surface area contributed by atoms with E-state index in [4.69, 9.17) is 11.0 Å². The summed E-state index contributed by atoms with van der Waals surface area (Å²) >= 11 is 3.39.